The van der Waals surface area contributed by atoms with Gasteiger partial charge in [-0.1, -0.05) is 194 Å². The molecule has 15 rings (SSSR count). The minimum Gasteiger partial charge on any atom is -0.416 e. The lowest BCUT2D eigenvalue weighted by atomic mass is 9.70. The van der Waals surface area contributed by atoms with Crippen molar-refractivity contribution in [3.05, 3.63) is 283 Å². The topological polar surface area (TPSA) is 43.9 Å². The van der Waals surface area contributed by atoms with E-state index in [2.05, 4.69) is 245 Å². The molecule has 2 aliphatic carbocycles. The summed E-state index contributed by atoms with van der Waals surface area (Å²) in [6, 6.07) is 95.0. The largest absolute Gasteiger partial charge is 0.416 e. The number of hydrogen-bond donors (Lipinski definition) is 0. The van der Waals surface area contributed by atoms with Gasteiger partial charge in [0.25, 0.3) is 0 Å². The Kier molecular flexibility index (Phi) is 9.14. The fraction of sp³-hybridized carbons (Fsp3) is 0.0145. The van der Waals surface area contributed by atoms with Crippen LogP contribution in [0.1, 0.15) is 22.3 Å². The molecule has 0 aliphatic heterocycles. The third kappa shape index (κ3) is 6.20. The highest BCUT2D eigenvalue weighted by Crippen LogP contribution is 2.63. The molecule has 1 spiro atoms. The maximum absolute atomic E-state index is 6.11. The Morgan fingerprint density at radius 2 is 0.658 bits per heavy atom. The molecule has 73 heavy (non-hydrogen) atoms. The maximum atomic E-state index is 6.11. The van der Waals surface area contributed by atoms with Crippen LogP contribution in [0, 0.1) is 0 Å². The van der Waals surface area contributed by atoms with Crippen molar-refractivity contribution in [3.63, 3.8) is 0 Å². The fourth-order valence-corrected chi connectivity index (χ4v) is 12.3. The van der Waals surface area contributed by atoms with Gasteiger partial charge in [-0.25, -0.2) is 0 Å². The summed E-state index contributed by atoms with van der Waals surface area (Å²) in [5, 5.41) is 11.1. The third-order valence-corrected chi connectivity index (χ3v) is 15.5. The van der Waals surface area contributed by atoms with Gasteiger partial charge < -0.3 is 8.98 Å². The van der Waals surface area contributed by atoms with E-state index in [0.29, 0.717) is 11.8 Å². The molecule has 0 saturated carbocycles. The van der Waals surface area contributed by atoms with Crippen LogP contribution in [0.15, 0.2) is 265 Å². The van der Waals surface area contributed by atoms with Crippen molar-refractivity contribution < 1.29 is 4.42 Å². The van der Waals surface area contributed by atoms with Gasteiger partial charge in [-0.2, -0.15) is 0 Å². The number of benzene rings is 11. The fourth-order valence-electron chi connectivity index (χ4n) is 12.3. The normalized spacial score (nSPS) is 12.8. The summed E-state index contributed by atoms with van der Waals surface area (Å²) in [5.41, 5.74) is 24.8. The number of nitrogens with zero attached hydrogens (tertiary/aromatic N) is 3. The Labute approximate surface area is 422 Å². The van der Waals surface area contributed by atoms with Gasteiger partial charge in [0, 0.05) is 27.6 Å². The van der Waals surface area contributed by atoms with Gasteiger partial charge in [-0.3, -0.25) is 0 Å². The van der Waals surface area contributed by atoms with Gasteiger partial charge in [-0.05, 0) is 156 Å². The van der Waals surface area contributed by atoms with Gasteiger partial charge >= 0.3 is 0 Å². The first-order valence-corrected chi connectivity index (χ1v) is 25.0. The van der Waals surface area contributed by atoms with Gasteiger partial charge in [0.2, 0.25) is 11.8 Å². The molecular formula is C69H43N3O. The monoisotopic (exact) mass is 929 g/mol. The van der Waals surface area contributed by atoms with Crippen LogP contribution in [0.4, 0.5) is 0 Å². The number of aromatic nitrogens is 3. The summed E-state index contributed by atoms with van der Waals surface area (Å²) in [4.78, 5) is 0. The van der Waals surface area contributed by atoms with Crippen LogP contribution in [-0.2, 0) is 5.41 Å². The first-order valence-electron chi connectivity index (χ1n) is 25.0. The molecule has 0 atom stereocenters. The van der Waals surface area contributed by atoms with Crippen molar-refractivity contribution in [2.24, 2.45) is 0 Å². The highest BCUT2D eigenvalue weighted by Gasteiger charge is 2.51. The molecule has 0 amide bonds. The van der Waals surface area contributed by atoms with E-state index in [1.807, 2.05) is 30.3 Å². The van der Waals surface area contributed by atoms with Crippen molar-refractivity contribution in [3.8, 4) is 95.4 Å². The molecule has 0 N–H and O–H groups in total. The standard InChI is InChI=1S/C69H43N3O/c1-3-17-45(18-4-1)67-70-71-68(73-67)46-33-31-44(32-34-46)51-21-7-9-23-53(51)54-24-10-8-22-52(54)49-37-40-66-60(42-49)59-41-47(36-39-65(59)72(66)50-19-5-2-6-20-50)48-35-38-58-57-27-13-16-30-63(57)69(64(58)43-48)61-28-14-11-25-55(61)56-26-12-15-29-62(56)69/h1-43H. The lowest BCUT2D eigenvalue weighted by molar-refractivity contribution is 0.584. The molecule has 0 radical (unpaired) electrons. The lowest BCUT2D eigenvalue weighted by Crippen LogP contribution is -2.25. The van der Waals surface area contributed by atoms with Gasteiger partial charge in [0.05, 0.1) is 16.4 Å². The molecule has 0 bridgehead atoms. The Balaban J connectivity index is 0.858. The zero-order valence-electron chi connectivity index (χ0n) is 39.6. The summed E-state index contributed by atoms with van der Waals surface area (Å²) < 4.78 is 8.53. The van der Waals surface area contributed by atoms with Crippen LogP contribution in [0.5, 0.6) is 0 Å². The van der Waals surface area contributed by atoms with Crippen molar-refractivity contribution >= 4 is 21.8 Å². The molecule has 2 aliphatic rings. The van der Waals surface area contributed by atoms with Gasteiger partial charge in [0.1, 0.15) is 0 Å². The second-order valence-electron chi connectivity index (χ2n) is 19.2. The van der Waals surface area contributed by atoms with Crippen molar-refractivity contribution in [2.45, 2.75) is 5.41 Å². The van der Waals surface area contributed by atoms with E-state index in [1.165, 1.54) is 88.6 Å². The molecule has 11 aromatic carbocycles. The van der Waals surface area contributed by atoms with E-state index in [9.17, 15) is 0 Å². The van der Waals surface area contributed by atoms with E-state index in [4.69, 9.17) is 4.42 Å². The van der Waals surface area contributed by atoms with Crippen molar-refractivity contribution in [1.29, 1.82) is 0 Å². The Morgan fingerprint density at radius 3 is 1.23 bits per heavy atom. The Morgan fingerprint density at radius 1 is 0.274 bits per heavy atom. The summed E-state index contributed by atoms with van der Waals surface area (Å²) in [5.74, 6) is 0.999. The molecule has 2 heterocycles. The molecule has 4 heteroatoms. The number of hydrogen-bond acceptors (Lipinski definition) is 3. The van der Waals surface area contributed by atoms with Crippen LogP contribution in [0.2, 0.25) is 0 Å². The summed E-state index contributed by atoms with van der Waals surface area (Å²) in [6.07, 6.45) is 0. The van der Waals surface area contributed by atoms with E-state index >= 15 is 0 Å². The van der Waals surface area contributed by atoms with Crippen LogP contribution in [0.25, 0.3) is 117 Å². The minimum atomic E-state index is -0.407. The molecule has 0 unspecified atom stereocenters. The Bertz CT molecular complexity index is 4250. The minimum absolute atomic E-state index is 0.407. The summed E-state index contributed by atoms with van der Waals surface area (Å²) in [6.45, 7) is 0. The van der Waals surface area contributed by atoms with E-state index in [1.54, 1.807) is 0 Å². The average molecular weight is 930 g/mol. The molecule has 2 aromatic heterocycles. The van der Waals surface area contributed by atoms with Gasteiger partial charge in [-0.15, -0.1) is 10.2 Å². The molecular weight excluding hydrogens is 887 g/mol. The number of fused-ring (bicyclic) bond motifs is 13. The van der Waals surface area contributed by atoms with Crippen molar-refractivity contribution in [2.75, 3.05) is 0 Å². The zero-order chi connectivity index (χ0) is 48.0. The van der Waals surface area contributed by atoms with Crippen LogP contribution >= 0.6 is 0 Å². The smallest absolute Gasteiger partial charge is 0.248 e. The number of rotatable bonds is 7. The predicted molar refractivity (Wildman–Crippen MR) is 298 cm³/mol. The molecule has 4 nitrogen and oxygen atoms in total. The third-order valence-electron chi connectivity index (χ3n) is 15.5. The maximum Gasteiger partial charge on any atom is 0.248 e. The molecule has 340 valence electrons. The second kappa shape index (κ2) is 16.2. The lowest BCUT2D eigenvalue weighted by Gasteiger charge is -2.30. The van der Waals surface area contributed by atoms with Crippen LogP contribution < -0.4 is 0 Å². The van der Waals surface area contributed by atoms with Crippen LogP contribution in [0.3, 0.4) is 0 Å². The van der Waals surface area contributed by atoms with E-state index in [0.717, 1.165) is 39.1 Å². The first kappa shape index (κ1) is 41.2. The highest BCUT2D eigenvalue weighted by molar-refractivity contribution is 6.12. The zero-order valence-corrected chi connectivity index (χ0v) is 39.6. The van der Waals surface area contributed by atoms with E-state index in [-0.39, 0.29) is 0 Å². The molecule has 0 saturated heterocycles. The first-order chi connectivity index (χ1) is 36.2. The average Bonchev–Trinajstić information content (AvgIpc) is 4.25. The molecule has 0 fully saturated rings. The Hall–Kier alpha value is -9.64. The SMILES string of the molecule is c1ccc(-c2nnc(-c3ccc(-c4ccccc4-c4ccccc4-c4ccc5c(c4)c4cc(-c6ccc7c(c6)C6(c8ccccc8-c8ccccc86)c6ccccc6-7)ccc4n5-c4ccccc4)cc3)o2)cc1. The summed E-state index contributed by atoms with van der Waals surface area (Å²) >= 11 is 0. The summed E-state index contributed by atoms with van der Waals surface area (Å²) in [7, 11) is 0. The quantitative estimate of drug-likeness (QED) is 0.160. The van der Waals surface area contributed by atoms with Crippen molar-refractivity contribution in [1.82, 2.24) is 14.8 Å². The second-order valence-corrected chi connectivity index (χ2v) is 19.2. The van der Waals surface area contributed by atoms with E-state index < -0.39 is 5.41 Å². The van der Waals surface area contributed by atoms with Crippen LogP contribution in [-0.4, -0.2) is 14.8 Å². The highest BCUT2D eigenvalue weighted by atomic mass is 16.4. The molecule has 13 aromatic rings. The number of para-hydroxylation sites is 1. The predicted octanol–water partition coefficient (Wildman–Crippen LogP) is 17.5. The van der Waals surface area contributed by atoms with Gasteiger partial charge in [0.15, 0.2) is 0 Å².